The van der Waals surface area contributed by atoms with Gasteiger partial charge in [-0.3, -0.25) is 24.1 Å². The summed E-state index contributed by atoms with van der Waals surface area (Å²) in [7, 11) is 0. The van der Waals surface area contributed by atoms with E-state index in [9.17, 15) is 19.2 Å². The van der Waals surface area contributed by atoms with Crippen LogP contribution in [-0.4, -0.2) is 51.4 Å². The van der Waals surface area contributed by atoms with Crippen LogP contribution >= 0.6 is 31.9 Å². The normalized spacial score (nSPS) is 32.4. The molecule has 3 fully saturated rings. The minimum Gasteiger partial charge on any atom is -0.454 e. The van der Waals surface area contributed by atoms with Crippen LogP contribution in [0.1, 0.15) is 12.0 Å². The van der Waals surface area contributed by atoms with Crippen LogP contribution < -0.4 is 5.32 Å². The zero-order valence-corrected chi connectivity index (χ0v) is 18.8. The fourth-order valence-electron chi connectivity index (χ4n) is 4.81. The van der Waals surface area contributed by atoms with Crippen molar-refractivity contribution in [2.24, 2.45) is 23.7 Å². The largest absolute Gasteiger partial charge is 0.454 e. The molecule has 4 rings (SSSR count). The Morgan fingerprint density at radius 3 is 2.34 bits per heavy atom. The van der Waals surface area contributed by atoms with Crippen molar-refractivity contribution in [1.29, 1.82) is 0 Å². The van der Waals surface area contributed by atoms with Gasteiger partial charge in [-0.05, 0) is 42.9 Å². The number of nitrogens with one attached hydrogen (secondary N) is 1. The molecule has 2 saturated carbocycles. The van der Waals surface area contributed by atoms with Crippen molar-refractivity contribution in [3.8, 4) is 0 Å². The van der Waals surface area contributed by atoms with Crippen molar-refractivity contribution in [3.05, 3.63) is 29.8 Å². The van der Waals surface area contributed by atoms with Gasteiger partial charge in [0.05, 0.1) is 11.8 Å². The van der Waals surface area contributed by atoms with E-state index in [1.54, 1.807) is 18.2 Å². The summed E-state index contributed by atoms with van der Waals surface area (Å²) in [4.78, 5) is 51.0. The maximum atomic E-state index is 12.8. The van der Waals surface area contributed by atoms with Gasteiger partial charge < -0.3 is 10.1 Å². The number of anilines is 1. The molecule has 9 heteroatoms. The lowest BCUT2D eigenvalue weighted by atomic mass is 9.81. The highest BCUT2D eigenvalue weighted by atomic mass is 79.9. The molecular formula is C20H20Br2N2O5. The van der Waals surface area contributed by atoms with E-state index in [2.05, 4.69) is 37.2 Å². The number of ether oxygens (including phenoxy) is 1. The number of carbonyl (C=O) groups is 4. The summed E-state index contributed by atoms with van der Waals surface area (Å²) in [6, 6.07) is 7.23. The summed E-state index contributed by atoms with van der Waals surface area (Å²) in [5.74, 6) is -2.44. The average molecular weight is 528 g/mol. The number of fused-ring (bicyclic) bond motifs is 5. The number of benzene rings is 1. The highest BCUT2D eigenvalue weighted by Gasteiger charge is 2.66. The van der Waals surface area contributed by atoms with Gasteiger partial charge >= 0.3 is 5.97 Å². The second-order valence-electron chi connectivity index (χ2n) is 7.84. The zero-order valence-electron chi connectivity index (χ0n) is 15.6. The Balaban J connectivity index is 1.32. The highest BCUT2D eigenvalue weighted by molar-refractivity contribution is 9.12. The lowest BCUT2D eigenvalue weighted by Gasteiger charge is -2.28. The molecule has 0 spiro atoms. The first-order valence-electron chi connectivity index (χ1n) is 9.43. The van der Waals surface area contributed by atoms with Gasteiger partial charge in [0.25, 0.3) is 5.91 Å². The number of esters is 1. The van der Waals surface area contributed by atoms with Gasteiger partial charge in [-0.15, -0.1) is 0 Å². The van der Waals surface area contributed by atoms with Crippen LogP contribution in [0.15, 0.2) is 24.3 Å². The van der Waals surface area contributed by atoms with Crippen LogP contribution in [-0.2, 0) is 23.9 Å². The number of amides is 3. The van der Waals surface area contributed by atoms with E-state index < -0.39 is 25.0 Å². The summed E-state index contributed by atoms with van der Waals surface area (Å²) in [5, 5.41) is 2.64. The van der Waals surface area contributed by atoms with E-state index in [1.807, 2.05) is 13.0 Å². The van der Waals surface area contributed by atoms with E-state index in [0.29, 0.717) is 5.69 Å². The smallest absolute Gasteiger partial charge is 0.326 e. The van der Waals surface area contributed by atoms with Gasteiger partial charge in [-0.2, -0.15) is 0 Å². The molecule has 29 heavy (non-hydrogen) atoms. The Bertz CT molecular complexity index is 859. The van der Waals surface area contributed by atoms with Gasteiger partial charge in [0, 0.05) is 15.3 Å². The number of halogens is 2. The van der Waals surface area contributed by atoms with E-state index in [1.165, 1.54) is 0 Å². The number of alkyl halides is 2. The lowest BCUT2D eigenvalue weighted by Crippen LogP contribution is -2.38. The molecule has 0 unspecified atom stereocenters. The molecule has 2 aliphatic carbocycles. The molecular weight excluding hydrogens is 508 g/mol. The average Bonchev–Trinajstić information content (AvgIpc) is 3.27. The first kappa shape index (κ1) is 20.5. The Labute approximate surface area is 184 Å². The molecule has 1 aliphatic heterocycles. The Morgan fingerprint density at radius 2 is 1.76 bits per heavy atom. The predicted molar refractivity (Wildman–Crippen MR) is 111 cm³/mol. The highest BCUT2D eigenvalue weighted by Crippen LogP contribution is 2.60. The minimum atomic E-state index is -0.774. The summed E-state index contributed by atoms with van der Waals surface area (Å²) in [6.07, 6.45) is 0.829. The van der Waals surface area contributed by atoms with Crippen molar-refractivity contribution in [1.82, 2.24) is 4.90 Å². The monoisotopic (exact) mass is 526 g/mol. The summed E-state index contributed by atoms with van der Waals surface area (Å²) in [5.41, 5.74) is 1.59. The van der Waals surface area contributed by atoms with Crippen LogP contribution in [0.2, 0.25) is 0 Å². The third-order valence-corrected chi connectivity index (χ3v) is 9.24. The van der Waals surface area contributed by atoms with E-state index >= 15 is 0 Å². The summed E-state index contributed by atoms with van der Waals surface area (Å²) >= 11 is 7.25. The number of carbonyl (C=O) groups excluding carboxylic acids is 4. The first-order valence-corrected chi connectivity index (χ1v) is 11.3. The number of nitrogens with zero attached hydrogens (tertiary/aromatic N) is 1. The third-order valence-electron chi connectivity index (χ3n) is 6.03. The van der Waals surface area contributed by atoms with E-state index in [0.717, 1.165) is 16.9 Å². The Morgan fingerprint density at radius 1 is 1.14 bits per heavy atom. The molecule has 154 valence electrons. The van der Waals surface area contributed by atoms with Gasteiger partial charge in [-0.1, -0.05) is 44.0 Å². The quantitative estimate of drug-likeness (QED) is 0.360. The molecule has 1 aromatic rings. The van der Waals surface area contributed by atoms with Crippen molar-refractivity contribution in [2.75, 3.05) is 18.5 Å². The Hall–Kier alpha value is -1.74. The number of likely N-dealkylation sites (tertiary alicyclic amines) is 1. The van der Waals surface area contributed by atoms with Crippen LogP contribution in [0.3, 0.4) is 0 Å². The number of rotatable bonds is 5. The fourth-order valence-corrected chi connectivity index (χ4v) is 6.68. The number of hydrogen-bond donors (Lipinski definition) is 1. The van der Waals surface area contributed by atoms with Crippen LogP contribution in [0, 0.1) is 30.6 Å². The van der Waals surface area contributed by atoms with Crippen molar-refractivity contribution in [3.63, 3.8) is 0 Å². The topological polar surface area (TPSA) is 92.8 Å². The van der Waals surface area contributed by atoms with Crippen LogP contribution in [0.4, 0.5) is 5.69 Å². The first-order chi connectivity index (χ1) is 13.8. The molecule has 0 aromatic heterocycles. The molecule has 6 atom stereocenters. The molecule has 1 heterocycles. The molecule has 1 N–H and O–H groups in total. The number of hydrogen-bond acceptors (Lipinski definition) is 5. The van der Waals surface area contributed by atoms with Crippen molar-refractivity contribution >= 4 is 61.2 Å². The maximum Gasteiger partial charge on any atom is 0.326 e. The van der Waals surface area contributed by atoms with Gasteiger partial charge in [0.1, 0.15) is 6.54 Å². The van der Waals surface area contributed by atoms with Crippen molar-refractivity contribution in [2.45, 2.75) is 23.0 Å². The Kier molecular flexibility index (Phi) is 5.54. The molecule has 3 aliphatic rings. The van der Waals surface area contributed by atoms with Crippen LogP contribution in [0.25, 0.3) is 0 Å². The fraction of sp³-hybridized carbons (Fsp3) is 0.500. The second-order valence-corrected chi connectivity index (χ2v) is 9.96. The summed E-state index contributed by atoms with van der Waals surface area (Å²) < 4.78 is 4.98. The number of imide groups is 1. The zero-order chi connectivity index (χ0) is 20.9. The molecule has 7 nitrogen and oxygen atoms in total. The SMILES string of the molecule is Cc1cccc(NC(=O)COC(=O)CN2C(=O)[C@@H]3[C@H]4C[C@@H]([C@H](Br)[C@H]4Br)[C@H]3C2=O)c1. The second kappa shape index (κ2) is 7.83. The van der Waals surface area contributed by atoms with Gasteiger partial charge in [0.15, 0.2) is 6.61 Å². The molecule has 1 aromatic carbocycles. The minimum absolute atomic E-state index is 0.0898. The van der Waals surface area contributed by atoms with Gasteiger partial charge in [-0.25, -0.2) is 0 Å². The van der Waals surface area contributed by atoms with E-state index in [4.69, 9.17) is 4.74 Å². The number of aryl methyl sites for hydroxylation is 1. The molecule has 0 radical (unpaired) electrons. The molecule has 2 bridgehead atoms. The van der Waals surface area contributed by atoms with Crippen molar-refractivity contribution < 1.29 is 23.9 Å². The maximum absolute atomic E-state index is 12.8. The third kappa shape index (κ3) is 3.63. The van der Waals surface area contributed by atoms with Crippen LogP contribution in [0.5, 0.6) is 0 Å². The molecule has 1 saturated heterocycles. The van der Waals surface area contributed by atoms with E-state index in [-0.39, 0.29) is 45.1 Å². The predicted octanol–water partition coefficient (Wildman–Crippen LogP) is 2.25. The standard InChI is InChI=1S/C20H20Br2N2O5/c1-9-3-2-4-10(5-9)23-13(25)8-29-14(26)7-24-19(27)15-11-6-12(16(15)20(24)28)18(22)17(11)21/h2-5,11-12,15-18H,6-8H2,1H3,(H,23,25)/t11-,12-,15-,16-,17+,18+/m1/s1. The lowest BCUT2D eigenvalue weighted by molar-refractivity contribution is -0.154. The van der Waals surface area contributed by atoms with Gasteiger partial charge in [0.2, 0.25) is 11.8 Å². The molecule has 3 amide bonds. The summed E-state index contributed by atoms with van der Waals surface area (Å²) in [6.45, 7) is 0.965.